The molecule has 2 N–H and O–H groups in total. The third-order valence-electron chi connectivity index (χ3n) is 2.93. The number of halogens is 1. The summed E-state index contributed by atoms with van der Waals surface area (Å²) >= 11 is 0. The van der Waals surface area contributed by atoms with Gasteiger partial charge in [0.25, 0.3) is 0 Å². The van der Waals surface area contributed by atoms with Crippen LogP contribution in [0.1, 0.15) is 21.5 Å². The molecule has 19 heavy (non-hydrogen) atoms. The van der Waals surface area contributed by atoms with Gasteiger partial charge in [0.2, 0.25) is 0 Å². The molecular formula is C15H14FNO2. The number of rotatable bonds is 3. The van der Waals surface area contributed by atoms with Crippen LogP contribution in [0.3, 0.4) is 0 Å². The van der Waals surface area contributed by atoms with Crippen molar-refractivity contribution < 1.29 is 13.9 Å². The highest BCUT2D eigenvalue weighted by Crippen LogP contribution is 2.27. The van der Waals surface area contributed by atoms with Gasteiger partial charge in [0.15, 0.2) is 5.78 Å². The molecule has 0 amide bonds. The van der Waals surface area contributed by atoms with E-state index in [1.807, 2.05) is 0 Å². The Bertz CT molecular complexity index is 638. The van der Waals surface area contributed by atoms with Crippen molar-refractivity contribution in [1.29, 1.82) is 0 Å². The van der Waals surface area contributed by atoms with E-state index in [4.69, 9.17) is 10.5 Å². The van der Waals surface area contributed by atoms with Crippen LogP contribution in [-0.4, -0.2) is 12.9 Å². The van der Waals surface area contributed by atoms with Crippen molar-refractivity contribution in [2.24, 2.45) is 0 Å². The molecule has 0 saturated heterocycles. The van der Waals surface area contributed by atoms with Crippen LogP contribution in [0.5, 0.6) is 5.75 Å². The van der Waals surface area contributed by atoms with Crippen LogP contribution in [-0.2, 0) is 0 Å². The summed E-state index contributed by atoms with van der Waals surface area (Å²) in [7, 11) is 1.47. The highest BCUT2D eigenvalue weighted by atomic mass is 19.1. The number of nitrogen functional groups attached to an aromatic ring is 1. The summed E-state index contributed by atoms with van der Waals surface area (Å²) in [5, 5.41) is 0. The van der Waals surface area contributed by atoms with Gasteiger partial charge in [0.05, 0.1) is 12.7 Å². The molecule has 2 rings (SSSR count). The lowest BCUT2D eigenvalue weighted by Crippen LogP contribution is -2.08. The average Bonchev–Trinajstić information content (AvgIpc) is 2.40. The summed E-state index contributed by atoms with van der Waals surface area (Å²) in [6, 6.07) is 9.22. The topological polar surface area (TPSA) is 52.3 Å². The number of benzene rings is 2. The number of hydrogen-bond acceptors (Lipinski definition) is 3. The summed E-state index contributed by atoms with van der Waals surface area (Å²) < 4.78 is 18.4. The number of hydrogen-bond donors (Lipinski definition) is 1. The first-order valence-corrected chi connectivity index (χ1v) is 5.78. The van der Waals surface area contributed by atoms with E-state index in [9.17, 15) is 9.18 Å². The standard InChI is InChI=1S/C15H14FNO2/c1-9-8-10(6-7-11(9)16)15(18)14-12(17)4-3-5-13(14)19-2/h3-8H,17H2,1-2H3. The molecule has 2 aromatic carbocycles. The fraction of sp³-hybridized carbons (Fsp3) is 0.133. The average molecular weight is 259 g/mol. The van der Waals surface area contributed by atoms with Gasteiger partial charge in [-0.2, -0.15) is 0 Å². The van der Waals surface area contributed by atoms with Crippen molar-refractivity contribution in [2.45, 2.75) is 6.92 Å². The molecule has 0 saturated carbocycles. The monoisotopic (exact) mass is 259 g/mol. The molecule has 2 aromatic rings. The van der Waals surface area contributed by atoms with Gasteiger partial charge in [-0.3, -0.25) is 4.79 Å². The third-order valence-corrected chi connectivity index (χ3v) is 2.93. The van der Waals surface area contributed by atoms with E-state index < -0.39 is 0 Å². The highest BCUT2D eigenvalue weighted by Gasteiger charge is 2.18. The summed E-state index contributed by atoms with van der Waals surface area (Å²) in [4.78, 5) is 12.4. The fourth-order valence-corrected chi connectivity index (χ4v) is 1.89. The molecule has 0 unspecified atom stereocenters. The molecule has 0 spiro atoms. The number of ketones is 1. The van der Waals surface area contributed by atoms with E-state index in [1.54, 1.807) is 25.1 Å². The van der Waals surface area contributed by atoms with Crippen LogP contribution >= 0.6 is 0 Å². The Kier molecular flexibility index (Phi) is 3.51. The number of methoxy groups -OCH3 is 1. The van der Waals surface area contributed by atoms with Gasteiger partial charge in [-0.05, 0) is 42.8 Å². The van der Waals surface area contributed by atoms with E-state index in [-0.39, 0.29) is 11.6 Å². The molecule has 0 bridgehead atoms. The van der Waals surface area contributed by atoms with Crippen molar-refractivity contribution in [3.05, 3.63) is 58.9 Å². The van der Waals surface area contributed by atoms with Gasteiger partial charge in [0, 0.05) is 11.3 Å². The lowest BCUT2D eigenvalue weighted by molar-refractivity contribution is 0.103. The first kappa shape index (κ1) is 13.1. The molecule has 98 valence electrons. The largest absolute Gasteiger partial charge is 0.496 e. The molecule has 0 fully saturated rings. The molecule has 0 aromatic heterocycles. The van der Waals surface area contributed by atoms with Gasteiger partial charge in [-0.1, -0.05) is 6.07 Å². The van der Waals surface area contributed by atoms with Crippen molar-refractivity contribution >= 4 is 11.5 Å². The van der Waals surface area contributed by atoms with Crippen LogP contribution in [0.25, 0.3) is 0 Å². The molecule has 0 atom stereocenters. The number of ether oxygens (including phenoxy) is 1. The van der Waals surface area contributed by atoms with Gasteiger partial charge < -0.3 is 10.5 Å². The Hall–Kier alpha value is -2.36. The van der Waals surface area contributed by atoms with E-state index >= 15 is 0 Å². The first-order valence-electron chi connectivity index (χ1n) is 5.78. The maximum Gasteiger partial charge on any atom is 0.198 e. The van der Waals surface area contributed by atoms with Crippen molar-refractivity contribution in [2.75, 3.05) is 12.8 Å². The zero-order valence-electron chi connectivity index (χ0n) is 10.7. The van der Waals surface area contributed by atoms with E-state index in [0.717, 1.165) is 0 Å². The van der Waals surface area contributed by atoms with Gasteiger partial charge >= 0.3 is 0 Å². The lowest BCUT2D eigenvalue weighted by atomic mass is 9.99. The van der Waals surface area contributed by atoms with Crippen LogP contribution in [0.2, 0.25) is 0 Å². The fourth-order valence-electron chi connectivity index (χ4n) is 1.89. The second-order valence-corrected chi connectivity index (χ2v) is 4.22. The number of aryl methyl sites for hydroxylation is 1. The van der Waals surface area contributed by atoms with Crippen LogP contribution in [0, 0.1) is 12.7 Å². The molecule has 0 aliphatic rings. The number of nitrogens with two attached hydrogens (primary N) is 1. The Morgan fingerprint density at radius 1 is 1.26 bits per heavy atom. The molecule has 3 nitrogen and oxygen atoms in total. The van der Waals surface area contributed by atoms with E-state index in [1.165, 1.54) is 25.3 Å². The van der Waals surface area contributed by atoms with E-state index in [2.05, 4.69) is 0 Å². The normalized spacial score (nSPS) is 10.3. The maximum absolute atomic E-state index is 13.2. The smallest absolute Gasteiger partial charge is 0.198 e. The second kappa shape index (κ2) is 5.10. The molecular weight excluding hydrogens is 245 g/mol. The zero-order chi connectivity index (χ0) is 14.0. The van der Waals surface area contributed by atoms with Crippen LogP contribution < -0.4 is 10.5 Å². The summed E-state index contributed by atoms with van der Waals surface area (Å²) in [6.45, 7) is 1.61. The Labute approximate surface area is 110 Å². The highest BCUT2D eigenvalue weighted by molar-refractivity contribution is 6.14. The van der Waals surface area contributed by atoms with Crippen molar-refractivity contribution in [3.63, 3.8) is 0 Å². The third kappa shape index (κ3) is 2.42. The SMILES string of the molecule is COc1cccc(N)c1C(=O)c1ccc(F)c(C)c1. The first-order chi connectivity index (χ1) is 9.04. The molecule has 0 aliphatic carbocycles. The van der Waals surface area contributed by atoms with Gasteiger partial charge in [0.1, 0.15) is 11.6 Å². The van der Waals surface area contributed by atoms with E-state index in [0.29, 0.717) is 28.1 Å². The Morgan fingerprint density at radius 2 is 2.00 bits per heavy atom. The number of carbonyl (C=O) groups excluding carboxylic acids is 1. The Morgan fingerprint density at radius 3 is 2.63 bits per heavy atom. The Balaban J connectivity index is 2.52. The number of carbonyl (C=O) groups is 1. The van der Waals surface area contributed by atoms with Gasteiger partial charge in [-0.25, -0.2) is 4.39 Å². The predicted octanol–water partition coefficient (Wildman–Crippen LogP) is 2.96. The lowest BCUT2D eigenvalue weighted by Gasteiger charge is -2.10. The molecule has 4 heteroatoms. The van der Waals surface area contributed by atoms with Crippen molar-refractivity contribution in [1.82, 2.24) is 0 Å². The molecule has 0 heterocycles. The molecule has 0 radical (unpaired) electrons. The quantitative estimate of drug-likeness (QED) is 0.681. The second-order valence-electron chi connectivity index (χ2n) is 4.22. The predicted molar refractivity (Wildman–Crippen MR) is 72.0 cm³/mol. The minimum atomic E-state index is -0.343. The summed E-state index contributed by atoms with van der Waals surface area (Å²) in [5.74, 6) is -0.213. The van der Waals surface area contributed by atoms with Crippen LogP contribution in [0.15, 0.2) is 36.4 Å². The van der Waals surface area contributed by atoms with Crippen molar-refractivity contribution in [3.8, 4) is 5.75 Å². The molecule has 0 aliphatic heterocycles. The minimum absolute atomic E-state index is 0.280. The van der Waals surface area contributed by atoms with Gasteiger partial charge in [-0.15, -0.1) is 0 Å². The zero-order valence-corrected chi connectivity index (χ0v) is 10.7. The van der Waals surface area contributed by atoms with Crippen LogP contribution in [0.4, 0.5) is 10.1 Å². The summed E-state index contributed by atoms with van der Waals surface area (Å²) in [5.41, 5.74) is 7.27. The minimum Gasteiger partial charge on any atom is -0.496 e. The number of anilines is 1. The maximum atomic E-state index is 13.2. The summed E-state index contributed by atoms with van der Waals surface area (Å²) in [6.07, 6.45) is 0.